The van der Waals surface area contributed by atoms with Gasteiger partial charge in [0.15, 0.2) is 0 Å². The summed E-state index contributed by atoms with van der Waals surface area (Å²) in [6, 6.07) is 6.24. The minimum atomic E-state index is -0.190. The molecule has 27 heavy (non-hydrogen) atoms. The van der Waals surface area contributed by atoms with Gasteiger partial charge in [-0.3, -0.25) is 15.2 Å². The molecule has 3 heterocycles. The summed E-state index contributed by atoms with van der Waals surface area (Å²) in [5.41, 5.74) is 7.47. The molecule has 2 aliphatic rings. The van der Waals surface area contributed by atoms with E-state index in [1.807, 2.05) is 35.5 Å². The number of hydrogen-bond acceptors (Lipinski definition) is 5. The Labute approximate surface area is 160 Å². The number of aromatic nitrogens is 3. The van der Waals surface area contributed by atoms with E-state index in [0.29, 0.717) is 18.5 Å². The third-order valence-corrected chi connectivity index (χ3v) is 5.29. The lowest BCUT2D eigenvalue weighted by Gasteiger charge is -2.25. The second-order valence-corrected chi connectivity index (χ2v) is 7.88. The highest BCUT2D eigenvalue weighted by atomic mass is 16.2. The number of hydrogen-bond donors (Lipinski definition) is 2. The van der Waals surface area contributed by atoms with Crippen LogP contribution in [0.3, 0.4) is 0 Å². The van der Waals surface area contributed by atoms with Gasteiger partial charge >= 0.3 is 0 Å². The van der Waals surface area contributed by atoms with Crippen LogP contribution in [0.1, 0.15) is 50.5 Å². The van der Waals surface area contributed by atoms with Gasteiger partial charge in [0.25, 0.3) is 0 Å². The Bertz CT molecular complexity index is 770. The quantitative estimate of drug-likeness (QED) is 0.780. The number of carbonyl (C=O) groups excluding carboxylic acids is 1. The van der Waals surface area contributed by atoms with Gasteiger partial charge in [0.1, 0.15) is 11.9 Å². The Morgan fingerprint density at radius 1 is 1.26 bits per heavy atom. The second-order valence-electron chi connectivity index (χ2n) is 7.88. The molecule has 7 heteroatoms. The molecule has 0 radical (unpaired) electrons. The zero-order valence-electron chi connectivity index (χ0n) is 16.0. The SMILES string of the molecule is CC(C)c1nccn1CC1CC(C(=O)N(Cc2ccccn2)C2CC2)NN1. The molecule has 2 aromatic heterocycles. The Morgan fingerprint density at radius 3 is 2.81 bits per heavy atom. The normalized spacial score (nSPS) is 22.3. The second kappa shape index (κ2) is 7.78. The summed E-state index contributed by atoms with van der Waals surface area (Å²) in [4.78, 5) is 24.0. The standard InChI is InChI=1S/C20H28N6O/c1-14(2)19-22-9-10-25(19)12-16-11-18(24-23-16)20(27)26(17-6-7-17)13-15-5-3-4-8-21-15/h3-5,8-10,14,16-18,23-24H,6-7,11-13H2,1-2H3. The summed E-state index contributed by atoms with van der Waals surface area (Å²) in [5, 5.41) is 0. The zero-order chi connectivity index (χ0) is 18.8. The van der Waals surface area contributed by atoms with Crippen LogP contribution in [0.25, 0.3) is 0 Å². The fraction of sp³-hybridized carbons (Fsp3) is 0.550. The molecule has 1 saturated carbocycles. The zero-order valence-corrected chi connectivity index (χ0v) is 16.0. The van der Waals surface area contributed by atoms with Gasteiger partial charge in [-0.2, -0.15) is 0 Å². The number of amides is 1. The highest BCUT2D eigenvalue weighted by Crippen LogP contribution is 2.29. The van der Waals surface area contributed by atoms with Gasteiger partial charge in [-0.15, -0.1) is 0 Å². The fourth-order valence-corrected chi connectivity index (χ4v) is 3.76. The number of hydrazine groups is 1. The molecule has 1 aliphatic carbocycles. The van der Waals surface area contributed by atoms with E-state index < -0.39 is 0 Å². The van der Waals surface area contributed by atoms with E-state index in [1.54, 1.807) is 6.20 Å². The molecule has 2 N–H and O–H groups in total. The molecule has 1 saturated heterocycles. The first-order valence-electron chi connectivity index (χ1n) is 9.84. The maximum Gasteiger partial charge on any atom is 0.241 e. The average Bonchev–Trinajstić information content (AvgIpc) is 3.21. The maximum atomic E-state index is 13.1. The van der Waals surface area contributed by atoms with Crippen molar-refractivity contribution in [3.63, 3.8) is 0 Å². The molecule has 0 aromatic carbocycles. The summed E-state index contributed by atoms with van der Waals surface area (Å²) in [5.74, 6) is 1.64. The van der Waals surface area contributed by atoms with E-state index in [1.165, 1.54) is 0 Å². The van der Waals surface area contributed by atoms with E-state index >= 15 is 0 Å². The van der Waals surface area contributed by atoms with E-state index in [0.717, 1.165) is 37.3 Å². The van der Waals surface area contributed by atoms with Crippen molar-refractivity contribution in [2.24, 2.45) is 0 Å². The summed E-state index contributed by atoms with van der Waals surface area (Å²) in [7, 11) is 0. The van der Waals surface area contributed by atoms with Crippen LogP contribution in [0.2, 0.25) is 0 Å². The lowest BCUT2D eigenvalue weighted by molar-refractivity contribution is -0.134. The van der Waals surface area contributed by atoms with Crippen molar-refractivity contribution in [2.45, 2.75) is 70.2 Å². The lowest BCUT2D eigenvalue weighted by atomic mass is 10.1. The Kier molecular flexibility index (Phi) is 5.22. The van der Waals surface area contributed by atoms with E-state index in [-0.39, 0.29) is 18.0 Å². The monoisotopic (exact) mass is 368 g/mol. The van der Waals surface area contributed by atoms with Crippen LogP contribution >= 0.6 is 0 Å². The highest BCUT2D eigenvalue weighted by molar-refractivity contribution is 5.82. The van der Waals surface area contributed by atoms with E-state index in [2.05, 4.69) is 39.2 Å². The van der Waals surface area contributed by atoms with Crippen LogP contribution < -0.4 is 10.9 Å². The summed E-state index contributed by atoms with van der Waals surface area (Å²) in [6.45, 7) is 5.70. The topological polar surface area (TPSA) is 75.1 Å². The fourth-order valence-electron chi connectivity index (χ4n) is 3.76. The van der Waals surface area contributed by atoms with Crippen molar-refractivity contribution in [2.75, 3.05) is 0 Å². The molecule has 0 spiro atoms. The minimum absolute atomic E-state index is 0.174. The van der Waals surface area contributed by atoms with Crippen LogP contribution in [-0.4, -0.2) is 43.5 Å². The van der Waals surface area contributed by atoms with E-state index in [9.17, 15) is 4.79 Å². The van der Waals surface area contributed by atoms with Crippen LogP contribution in [0.5, 0.6) is 0 Å². The number of imidazole rings is 1. The van der Waals surface area contributed by atoms with Crippen molar-refractivity contribution in [1.82, 2.24) is 30.3 Å². The Hall–Kier alpha value is -2.25. The summed E-state index contributed by atoms with van der Waals surface area (Å²) < 4.78 is 2.18. The smallest absolute Gasteiger partial charge is 0.241 e. The van der Waals surface area contributed by atoms with Gasteiger partial charge in [-0.25, -0.2) is 10.4 Å². The van der Waals surface area contributed by atoms with Crippen molar-refractivity contribution in [1.29, 1.82) is 0 Å². The Morgan fingerprint density at radius 2 is 2.11 bits per heavy atom. The lowest BCUT2D eigenvalue weighted by Crippen LogP contribution is -2.46. The molecule has 2 atom stereocenters. The number of rotatable bonds is 7. The van der Waals surface area contributed by atoms with Crippen LogP contribution in [0, 0.1) is 0 Å². The first-order valence-corrected chi connectivity index (χ1v) is 9.84. The number of pyridine rings is 1. The molecule has 144 valence electrons. The molecule has 0 bridgehead atoms. The van der Waals surface area contributed by atoms with Crippen molar-refractivity contribution >= 4 is 5.91 Å². The van der Waals surface area contributed by atoms with Crippen molar-refractivity contribution < 1.29 is 4.79 Å². The highest BCUT2D eigenvalue weighted by Gasteiger charge is 2.39. The van der Waals surface area contributed by atoms with Gasteiger partial charge in [0.2, 0.25) is 5.91 Å². The average molecular weight is 368 g/mol. The predicted octanol–water partition coefficient (Wildman–Crippen LogP) is 1.83. The molecular formula is C20H28N6O. The molecule has 7 nitrogen and oxygen atoms in total. The minimum Gasteiger partial charge on any atom is -0.333 e. The maximum absolute atomic E-state index is 13.1. The third kappa shape index (κ3) is 4.20. The first kappa shape index (κ1) is 18.1. The number of nitrogens with one attached hydrogen (secondary N) is 2. The van der Waals surface area contributed by atoms with E-state index in [4.69, 9.17) is 0 Å². The molecule has 4 rings (SSSR count). The van der Waals surface area contributed by atoms with Crippen molar-refractivity contribution in [3.05, 3.63) is 48.3 Å². The van der Waals surface area contributed by atoms with Crippen LogP contribution in [0.4, 0.5) is 0 Å². The van der Waals surface area contributed by atoms with Gasteiger partial charge in [0.05, 0.1) is 12.2 Å². The third-order valence-electron chi connectivity index (χ3n) is 5.29. The van der Waals surface area contributed by atoms with Crippen molar-refractivity contribution in [3.8, 4) is 0 Å². The van der Waals surface area contributed by atoms with Gasteiger partial charge < -0.3 is 9.47 Å². The molecular weight excluding hydrogens is 340 g/mol. The number of nitrogens with zero attached hydrogens (tertiary/aromatic N) is 4. The number of carbonyl (C=O) groups is 1. The van der Waals surface area contributed by atoms with Gasteiger partial charge in [-0.05, 0) is 31.4 Å². The molecule has 2 fully saturated rings. The predicted molar refractivity (Wildman–Crippen MR) is 103 cm³/mol. The van der Waals surface area contributed by atoms with Crippen LogP contribution in [0.15, 0.2) is 36.8 Å². The molecule has 1 amide bonds. The molecule has 2 aromatic rings. The van der Waals surface area contributed by atoms with Gasteiger partial charge in [0, 0.05) is 43.1 Å². The largest absolute Gasteiger partial charge is 0.333 e. The van der Waals surface area contributed by atoms with Gasteiger partial charge in [-0.1, -0.05) is 19.9 Å². The molecule has 1 aliphatic heterocycles. The Balaban J connectivity index is 1.38. The first-order chi connectivity index (χ1) is 13.1. The summed E-state index contributed by atoms with van der Waals surface area (Å²) in [6.07, 6.45) is 8.61. The molecule has 2 unspecified atom stereocenters. The van der Waals surface area contributed by atoms with Crippen LogP contribution in [-0.2, 0) is 17.9 Å². The summed E-state index contributed by atoms with van der Waals surface area (Å²) >= 11 is 0.